The van der Waals surface area contributed by atoms with Crippen LogP contribution in [0.4, 0.5) is 0 Å². The van der Waals surface area contributed by atoms with Crippen LogP contribution >= 0.6 is 0 Å². The summed E-state index contributed by atoms with van der Waals surface area (Å²) in [5, 5.41) is 3.78. The zero-order valence-corrected chi connectivity index (χ0v) is 11.3. The highest BCUT2D eigenvalue weighted by Crippen LogP contribution is 2.06. The average Bonchev–Trinajstić information content (AvgIpc) is 2.41. The van der Waals surface area contributed by atoms with Crippen LogP contribution in [0.2, 0.25) is 0 Å². The Morgan fingerprint density at radius 2 is 2.06 bits per heavy atom. The lowest BCUT2D eigenvalue weighted by Gasteiger charge is -1.97. The second kappa shape index (κ2) is 9.30. The zero-order valence-electron chi connectivity index (χ0n) is 11.3. The molecule has 0 aliphatic rings. The molecule has 18 heavy (non-hydrogen) atoms. The Labute approximate surface area is 110 Å². The molecule has 96 valence electrons. The van der Waals surface area contributed by atoms with Gasteiger partial charge in [0.15, 0.2) is 0 Å². The number of hydrogen-bond acceptors (Lipinski definition) is 2. The maximum atomic E-state index is 4.69. The molecule has 0 fully saturated rings. The topological polar surface area (TPSA) is 21.6 Å². The minimum atomic E-state index is 0.968. The molecule has 2 heteroatoms. The molecule has 0 aliphatic heterocycles. The second-order valence-electron chi connectivity index (χ2n) is 4.12. The fourth-order valence-electron chi connectivity index (χ4n) is 1.63. The van der Waals surface area contributed by atoms with Gasteiger partial charge in [0, 0.05) is 17.5 Å². The molecule has 1 rings (SSSR count). The monoisotopic (exact) mass is 243 g/mol. The summed E-state index contributed by atoms with van der Waals surface area (Å²) in [5.41, 5.74) is 2.01. The predicted octanol–water partition coefficient (Wildman–Crippen LogP) is 3.99. The van der Waals surface area contributed by atoms with Gasteiger partial charge in [-0.15, -0.1) is 0 Å². The Morgan fingerprint density at radius 1 is 1.22 bits per heavy atom. The molecular formula is C16H21NO. The van der Waals surface area contributed by atoms with E-state index in [0.717, 1.165) is 17.5 Å². The Kier molecular flexibility index (Phi) is 7.39. The molecule has 0 aliphatic carbocycles. The molecule has 2 nitrogen and oxygen atoms in total. The van der Waals surface area contributed by atoms with Gasteiger partial charge in [-0.3, -0.25) is 0 Å². The van der Waals surface area contributed by atoms with E-state index in [1.807, 2.05) is 24.3 Å². The summed E-state index contributed by atoms with van der Waals surface area (Å²) in [6.45, 7) is 2.22. The van der Waals surface area contributed by atoms with E-state index in [2.05, 4.69) is 23.9 Å². The van der Waals surface area contributed by atoms with E-state index in [-0.39, 0.29) is 0 Å². The summed E-state index contributed by atoms with van der Waals surface area (Å²) in [5.74, 6) is 6.43. The third-order valence-electron chi connectivity index (χ3n) is 2.64. The maximum absolute atomic E-state index is 4.69. The first-order valence-corrected chi connectivity index (χ1v) is 6.53. The van der Waals surface area contributed by atoms with Crippen LogP contribution in [0, 0.1) is 11.8 Å². The molecule has 0 saturated carbocycles. The van der Waals surface area contributed by atoms with Gasteiger partial charge in [0.2, 0.25) is 0 Å². The van der Waals surface area contributed by atoms with Gasteiger partial charge in [0.1, 0.15) is 7.11 Å². The first-order chi connectivity index (χ1) is 8.88. The molecule has 0 N–H and O–H groups in total. The number of unbranched alkanes of at least 4 members (excludes halogenated alkanes) is 4. The number of hydrogen-bond donors (Lipinski definition) is 0. The summed E-state index contributed by atoms with van der Waals surface area (Å²) < 4.78 is 0. The summed E-state index contributed by atoms with van der Waals surface area (Å²) in [4.78, 5) is 4.69. The number of benzene rings is 1. The van der Waals surface area contributed by atoms with Crippen molar-refractivity contribution in [2.24, 2.45) is 5.16 Å². The van der Waals surface area contributed by atoms with Gasteiger partial charge in [-0.2, -0.15) is 0 Å². The van der Waals surface area contributed by atoms with E-state index in [0.29, 0.717) is 0 Å². The van der Waals surface area contributed by atoms with E-state index < -0.39 is 0 Å². The van der Waals surface area contributed by atoms with Gasteiger partial charge in [-0.25, -0.2) is 0 Å². The summed E-state index contributed by atoms with van der Waals surface area (Å²) in [7, 11) is 1.54. The number of nitrogens with zero attached hydrogens (tertiary/aromatic N) is 1. The maximum Gasteiger partial charge on any atom is 0.106 e. The van der Waals surface area contributed by atoms with Crippen LogP contribution in [-0.2, 0) is 4.84 Å². The van der Waals surface area contributed by atoms with E-state index in [1.54, 1.807) is 13.3 Å². The van der Waals surface area contributed by atoms with Crippen LogP contribution in [0.3, 0.4) is 0 Å². The van der Waals surface area contributed by atoms with Gasteiger partial charge in [-0.05, 0) is 12.5 Å². The molecule has 0 aromatic heterocycles. The van der Waals surface area contributed by atoms with Gasteiger partial charge >= 0.3 is 0 Å². The normalized spacial score (nSPS) is 10.1. The number of rotatable bonds is 6. The fourth-order valence-corrected chi connectivity index (χ4v) is 1.63. The van der Waals surface area contributed by atoms with E-state index in [4.69, 9.17) is 4.84 Å². The summed E-state index contributed by atoms with van der Waals surface area (Å²) in [6.07, 6.45) is 7.70. The lowest BCUT2D eigenvalue weighted by atomic mass is 10.1. The van der Waals surface area contributed by atoms with Crippen molar-refractivity contribution in [2.75, 3.05) is 7.11 Å². The lowest BCUT2D eigenvalue weighted by Crippen LogP contribution is -1.87. The minimum Gasteiger partial charge on any atom is -0.399 e. The highest BCUT2D eigenvalue weighted by Gasteiger charge is 1.94. The Morgan fingerprint density at radius 3 is 2.83 bits per heavy atom. The molecule has 1 aromatic rings. The fraction of sp³-hybridized carbons (Fsp3) is 0.438. The van der Waals surface area contributed by atoms with Crippen LogP contribution in [0.25, 0.3) is 0 Å². The van der Waals surface area contributed by atoms with Crippen molar-refractivity contribution < 1.29 is 4.84 Å². The zero-order chi connectivity index (χ0) is 13.1. The summed E-state index contributed by atoms with van der Waals surface area (Å²) in [6, 6.07) is 7.97. The van der Waals surface area contributed by atoms with Crippen molar-refractivity contribution >= 4 is 6.21 Å². The third kappa shape index (κ3) is 5.54. The first-order valence-electron chi connectivity index (χ1n) is 6.53. The van der Waals surface area contributed by atoms with E-state index in [9.17, 15) is 0 Å². The molecule has 0 heterocycles. The second-order valence-corrected chi connectivity index (χ2v) is 4.12. The van der Waals surface area contributed by atoms with Gasteiger partial charge in [0.05, 0.1) is 6.21 Å². The van der Waals surface area contributed by atoms with Crippen LogP contribution in [0.5, 0.6) is 0 Å². The third-order valence-corrected chi connectivity index (χ3v) is 2.64. The molecular weight excluding hydrogens is 222 g/mol. The van der Waals surface area contributed by atoms with Crippen molar-refractivity contribution in [3.63, 3.8) is 0 Å². The van der Waals surface area contributed by atoms with Gasteiger partial charge < -0.3 is 4.84 Å². The molecule has 0 unspecified atom stereocenters. The molecule has 0 amide bonds. The molecule has 0 bridgehead atoms. The van der Waals surface area contributed by atoms with Crippen molar-refractivity contribution in [1.29, 1.82) is 0 Å². The van der Waals surface area contributed by atoms with Crippen LogP contribution < -0.4 is 0 Å². The van der Waals surface area contributed by atoms with Crippen LogP contribution in [-0.4, -0.2) is 13.3 Å². The Hall–Kier alpha value is -1.75. The molecule has 0 spiro atoms. The molecule has 1 aromatic carbocycles. The van der Waals surface area contributed by atoms with Crippen molar-refractivity contribution in [1.82, 2.24) is 0 Å². The first kappa shape index (κ1) is 14.3. The Balaban J connectivity index is 2.55. The average molecular weight is 243 g/mol. The quantitative estimate of drug-likeness (QED) is 0.320. The minimum absolute atomic E-state index is 0.968. The highest BCUT2D eigenvalue weighted by atomic mass is 16.6. The van der Waals surface area contributed by atoms with Gasteiger partial charge in [-0.1, -0.05) is 61.4 Å². The van der Waals surface area contributed by atoms with Crippen LogP contribution in [0.1, 0.15) is 50.2 Å². The predicted molar refractivity (Wildman–Crippen MR) is 76.7 cm³/mol. The Bertz CT molecular complexity index is 426. The smallest absolute Gasteiger partial charge is 0.106 e. The van der Waals surface area contributed by atoms with Crippen molar-refractivity contribution in [2.45, 2.75) is 39.0 Å². The van der Waals surface area contributed by atoms with Crippen LogP contribution in [0.15, 0.2) is 29.4 Å². The molecule has 0 saturated heterocycles. The highest BCUT2D eigenvalue weighted by molar-refractivity contribution is 5.83. The van der Waals surface area contributed by atoms with Gasteiger partial charge in [0.25, 0.3) is 0 Å². The largest absolute Gasteiger partial charge is 0.399 e. The van der Waals surface area contributed by atoms with E-state index >= 15 is 0 Å². The molecule has 0 radical (unpaired) electrons. The van der Waals surface area contributed by atoms with Crippen molar-refractivity contribution in [3.05, 3.63) is 35.4 Å². The SMILES string of the molecule is CCCCCCC#Cc1ccccc1/C=N/OC. The van der Waals surface area contributed by atoms with E-state index in [1.165, 1.54) is 25.7 Å². The number of oxime groups is 1. The standard InChI is InChI=1S/C16H21NO/c1-3-4-5-6-7-8-11-15-12-9-10-13-16(15)14-17-18-2/h9-10,12-14H,3-7H2,1-2H3/b17-14+. The molecule has 0 atom stereocenters. The summed E-state index contributed by atoms with van der Waals surface area (Å²) >= 11 is 0. The lowest BCUT2D eigenvalue weighted by molar-refractivity contribution is 0.215. The van der Waals surface area contributed by atoms with Crippen molar-refractivity contribution in [3.8, 4) is 11.8 Å².